The van der Waals surface area contributed by atoms with E-state index in [0.717, 1.165) is 54.8 Å². The van der Waals surface area contributed by atoms with Crippen molar-refractivity contribution >= 4 is 34.9 Å². The lowest BCUT2D eigenvalue weighted by Gasteiger charge is -2.28. The number of fused-ring (bicyclic) bond motifs is 1. The topological polar surface area (TPSA) is 92.0 Å². The number of nitrogens with one attached hydrogen (secondary N) is 1. The monoisotopic (exact) mass is 441 g/mol. The molecule has 1 aliphatic heterocycles. The quantitative estimate of drug-likeness (QED) is 0.436. The van der Waals surface area contributed by atoms with Crippen molar-refractivity contribution in [3.63, 3.8) is 0 Å². The van der Waals surface area contributed by atoms with E-state index in [-0.39, 0.29) is 0 Å². The van der Waals surface area contributed by atoms with Gasteiger partial charge in [-0.05, 0) is 53.6 Å². The van der Waals surface area contributed by atoms with Crippen molar-refractivity contribution in [2.45, 2.75) is 0 Å². The largest absolute Gasteiger partial charge is 0.478 e. The molecular weight excluding hydrogens is 418 g/mol. The summed E-state index contributed by atoms with van der Waals surface area (Å²) in [6, 6.07) is 17.8. The first-order valence-electron chi connectivity index (χ1n) is 10.7. The van der Waals surface area contributed by atoms with E-state index in [0.29, 0.717) is 11.5 Å². The van der Waals surface area contributed by atoms with Crippen LogP contribution in [0, 0.1) is 0 Å². The molecule has 0 saturated carbocycles. The molecule has 0 atom stereocenters. The molecule has 2 aromatic heterocycles. The van der Waals surface area contributed by atoms with Crippen LogP contribution in [0.5, 0.6) is 0 Å². The lowest BCUT2D eigenvalue weighted by Crippen LogP contribution is -2.36. The molecule has 8 heteroatoms. The highest BCUT2D eigenvalue weighted by Gasteiger charge is 2.12. The molecule has 2 aromatic carbocycles. The predicted octanol–water partition coefficient (Wildman–Crippen LogP) is 4.07. The zero-order chi connectivity index (χ0) is 22.6. The Morgan fingerprint density at radius 1 is 1.09 bits per heavy atom. The molecule has 2 N–H and O–H groups in total. The molecule has 0 aliphatic carbocycles. The Hall–Kier alpha value is -4.17. The van der Waals surface area contributed by atoms with Crippen molar-refractivity contribution in [1.82, 2.24) is 14.6 Å². The van der Waals surface area contributed by atoms with Crippen LogP contribution < -0.4 is 10.2 Å². The summed E-state index contributed by atoms with van der Waals surface area (Å²) in [5, 5.41) is 16.7. The van der Waals surface area contributed by atoms with Crippen molar-refractivity contribution in [3.8, 4) is 11.1 Å². The highest BCUT2D eigenvalue weighted by atomic mass is 16.5. The number of ether oxygens (including phenoxy) is 1. The third-order valence-corrected chi connectivity index (χ3v) is 5.50. The van der Waals surface area contributed by atoms with Gasteiger partial charge in [-0.3, -0.25) is 0 Å². The second kappa shape index (κ2) is 9.13. The molecule has 166 valence electrons. The summed E-state index contributed by atoms with van der Waals surface area (Å²) >= 11 is 0. The van der Waals surface area contributed by atoms with E-state index in [1.807, 2.05) is 48.7 Å². The molecule has 8 nitrogen and oxygen atoms in total. The highest BCUT2D eigenvalue weighted by Crippen LogP contribution is 2.27. The summed E-state index contributed by atoms with van der Waals surface area (Å²) in [6.07, 6.45) is 6.33. The van der Waals surface area contributed by atoms with Crippen molar-refractivity contribution in [1.29, 1.82) is 0 Å². The number of morpholine rings is 1. The van der Waals surface area contributed by atoms with E-state index >= 15 is 0 Å². The van der Waals surface area contributed by atoms with Gasteiger partial charge in [-0.15, -0.1) is 0 Å². The first-order valence-corrected chi connectivity index (χ1v) is 10.7. The van der Waals surface area contributed by atoms with E-state index in [2.05, 4.69) is 27.4 Å². The summed E-state index contributed by atoms with van der Waals surface area (Å²) in [6.45, 7) is 3.33. The zero-order valence-electron chi connectivity index (χ0n) is 17.9. The number of hydrogen-bond donors (Lipinski definition) is 2. The number of nitrogens with zero attached hydrogens (tertiary/aromatic N) is 4. The maximum absolute atomic E-state index is 10.8. The summed E-state index contributed by atoms with van der Waals surface area (Å²) in [4.78, 5) is 17.9. The average Bonchev–Trinajstić information content (AvgIpc) is 3.27. The maximum Gasteiger partial charge on any atom is 0.328 e. The van der Waals surface area contributed by atoms with Gasteiger partial charge in [0.25, 0.3) is 0 Å². The van der Waals surface area contributed by atoms with Gasteiger partial charge in [0.2, 0.25) is 0 Å². The van der Waals surface area contributed by atoms with Gasteiger partial charge >= 0.3 is 5.97 Å². The van der Waals surface area contributed by atoms with Gasteiger partial charge in [0.15, 0.2) is 5.65 Å². The number of benzene rings is 2. The number of rotatable bonds is 6. The van der Waals surface area contributed by atoms with Gasteiger partial charge in [0.05, 0.1) is 19.4 Å². The third-order valence-electron chi connectivity index (χ3n) is 5.50. The van der Waals surface area contributed by atoms with Crippen molar-refractivity contribution in [2.75, 3.05) is 36.5 Å². The van der Waals surface area contributed by atoms with Crippen molar-refractivity contribution < 1.29 is 14.6 Å². The number of carboxylic acids is 1. The number of carboxylic acid groups (broad SMARTS) is 1. The van der Waals surface area contributed by atoms with Gasteiger partial charge in [0, 0.05) is 42.3 Å². The standard InChI is InChI=1S/C25H23N5O3/c31-24(32)9-4-18-2-1-3-19(16-18)22-17-26-30-11-10-23(28-25(22)30)27-20-5-7-21(8-6-20)29-12-14-33-15-13-29/h1-11,16-17H,12-15H2,(H,27,28)(H,31,32). The molecular formula is C25H23N5O3. The number of hydrogen-bond acceptors (Lipinski definition) is 6. The predicted molar refractivity (Wildman–Crippen MR) is 128 cm³/mol. The molecule has 1 aliphatic rings. The lowest BCUT2D eigenvalue weighted by molar-refractivity contribution is -0.131. The summed E-state index contributed by atoms with van der Waals surface area (Å²) in [5.41, 5.74) is 5.42. The average molecular weight is 441 g/mol. The van der Waals surface area contributed by atoms with Crippen LogP contribution in [0.2, 0.25) is 0 Å². The van der Waals surface area contributed by atoms with Crippen LogP contribution >= 0.6 is 0 Å². The first kappa shape index (κ1) is 20.7. The molecule has 0 unspecified atom stereocenters. The summed E-state index contributed by atoms with van der Waals surface area (Å²) in [5.74, 6) is -0.267. The normalized spacial score (nSPS) is 14.1. The Balaban J connectivity index is 1.38. The highest BCUT2D eigenvalue weighted by molar-refractivity contribution is 5.86. The Morgan fingerprint density at radius 3 is 2.70 bits per heavy atom. The van der Waals surface area contributed by atoms with E-state index in [9.17, 15) is 4.79 Å². The molecule has 0 spiro atoms. The van der Waals surface area contributed by atoms with Crippen LogP contribution in [0.1, 0.15) is 5.56 Å². The molecule has 1 saturated heterocycles. The smallest absolute Gasteiger partial charge is 0.328 e. The van der Waals surface area contributed by atoms with Crippen LogP contribution in [0.25, 0.3) is 22.9 Å². The van der Waals surface area contributed by atoms with Gasteiger partial charge in [0.1, 0.15) is 5.82 Å². The second-order valence-corrected chi connectivity index (χ2v) is 7.71. The Bertz CT molecular complexity index is 1310. The first-order chi connectivity index (χ1) is 16.2. The Morgan fingerprint density at radius 2 is 1.91 bits per heavy atom. The van der Waals surface area contributed by atoms with Gasteiger partial charge < -0.3 is 20.1 Å². The molecule has 0 bridgehead atoms. The fraction of sp³-hybridized carbons (Fsp3) is 0.160. The lowest BCUT2D eigenvalue weighted by atomic mass is 10.1. The van der Waals surface area contributed by atoms with E-state index in [1.165, 1.54) is 5.69 Å². The molecule has 33 heavy (non-hydrogen) atoms. The number of aromatic nitrogens is 3. The zero-order valence-corrected chi connectivity index (χ0v) is 17.9. The van der Waals surface area contributed by atoms with E-state index < -0.39 is 5.97 Å². The molecule has 3 heterocycles. The number of carbonyl (C=O) groups is 1. The maximum atomic E-state index is 10.8. The minimum atomic E-state index is -0.980. The summed E-state index contributed by atoms with van der Waals surface area (Å²) in [7, 11) is 0. The number of anilines is 3. The fourth-order valence-electron chi connectivity index (χ4n) is 3.84. The second-order valence-electron chi connectivity index (χ2n) is 7.71. The van der Waals surface area contributed by atoms with Gasteiger partial charge in [-0.1, -0.05) is 18.2 Å². The molecule has 1 fully saturated rings. The Kier molecular flexibility index (Phi) is 5.73. The minimum absolute atomic E-state index is 0.712. The molecule has 5 rings (SSSR count). The minimum Gasteiger partial charge on any atom is -0.478 e. The summed E-state index contributed by atoms with van der Waals surface area (Å²) < 4.78 is 7.15. The van der Waals surface area contributed by atoms with Crippen molar-refractivity contribution in [2.24, 2.45) is 0 Å². The fourth-order valence-corrected chi connectivity index (χ4v) is 3.84. The van der Waals surface area contributed by atoms with Crippen molar-refractivity contribution in [3.05, 3.63) is 78.6 Å². The SMILES string of the molecule is O=C(O)C=Cc1cccc(-c2cnn3ccc(Nc4ccc(N5CCOCC5)cc4)nc23)c1. The number of aliphatic carboxylic acids is 1. The molecule has 4 aromatic rings. The van der Waals surface area contributed by atoms with Crippen LogP contribution in [-0.4, -0.2) is 52.0 Å². The molecule has 0 amide bonds. The van der Waals surface area contributed by atoms with Crippen LogP contribution in [0.4, 0.5) is 17.2 Å². The van der Waals surface area contributed by atoms with Gasteiger partial charge in [-0.25, -0.2) is 14.3 Å². The third kappa shape index (κ3) is 4.70. The van der Waals surface area contributed by atoms with Crippen LogP contribution in [0.3, 0.4) is 0 Å². The Labute approximate surface area is 190 Å². The van der Waals surface area contributed by atoms with Gasteiger partial charge in [-0.2, -0.15) is 5.10 Å². The van der Waals surface area contributed by atoms with E-state index in [1.54, 1.807) is 16.8 Å². The molecule has 0 radical (unpaired) electrons. The van der Waals surface area contributed by atoms with E-state index in [4.69, 9.17) is 14.8 Å². The van der Waals surface area contributed by atoms with Crippen LogP contribution in [0.15, 0.2) is 73.1 Å². The van der Waals surface area contributed by atoms with Crippen LogP contribution in [-0.2, 0) is 9.53 Å².